The number of benzene rings is 2. The number of nitrogens with two attached hydrogens (primary N) is 1. The Morgan fingerprint density at radius 3 is 2.79 bits per heavy atom. The van der Waals surface area contributed by atoms with E-state index in [4.69, 9.17) is 14.6 Å². The van der Waals surface area contributed by atoms with Gasteiger partial charge in [-0.25, -0.2) is 13.6 Å². The molecule has 2 aromatic carbocycles. The zero-order chi connectivity index (χ0) is 20.6. The van der Waals surface area contributed by atoms with Crippen molar-refractivity contribution in [3.63, 3.8) is 0 Å². The second-order valence-electron chi connectivity index (χ2n) is 6.27. The number of sulfonamides is 1. The Morgan fingerprint density at radius 1 is 1.31 bits per heavy atom. The highest BCUT2D eigenvalue weighted by molar-refractivity contribution is 7.89. The number of thiazole rings is 1. The molecule has 1 aromatic heterocycles. The summed E-state index contributed by atoms with van der Waals surface area (Å²) in [6.45, 7) is 4.18. The van der Waals surface area contributed by atoms with Crippen LogP contribution in [0.4, 0.5) is 0 Å². The minimum Gasteiger partial charge on any atom is -0.485 e. The average Bonchev–Trinajstić information content (AvgIpc) is 3.03. The summed E-state index contributed by atoms with van der Waals surface area (Å²) in [5.74, 6) is 0.576. The van der Waals surface area contributed by atoms with Crippen LogP contribution >= 0.6 is 11.3 Å². The molecule has 0 fully saturated rings. The van der Waals surface area contributed by atoms with E-state index in [2.05, 4.69) is 11.6 Å². The number of hydrogen-bond acceptors (Lipinski definition) is 6. The fourth-order valence-corrected chi connectivity index (χ4v) is 4.63. The number of nitrogens with zero attached hydrogens (tertiary/aromatic N) is 2. The van der Waals surface area contributed by atoms with Gasteiger partial charge >= 0.3 is 0 Å². The Balaban J connectivity index is 1.74. The second-order valence-corrected chi connectivity index (χ2v) is 8.84. The number of rotatable bonds is 4. The summed E-state index contributed by atoms with van der Waals surface area (Å²) in [4.78, 5) is 17.3. The predicted molar refractivity (Wildman–Crippen MR) is 108 cm³/mol. The fourth-order valence-electron chi connectivity index (χ4n) is 2.93. The Labute approximate surface area is 170 Å². The molecule has 2 heterocycles. The molecule has 0 unspecified atom stereocenters. The van der Waals surface area contributed by atoms with Crippen LogP contribution in [-0.4, -0.2) is 31.6 Å². The summed E-state index contributed by atoms with van der Waals surface area (Å²) in [7, 11) is -3.84. The normalized spacial score (nSPS) is 16.7. The summed E-state index contributed by atoms with van der Waals surface area (Å²) in [5, 5.41) is 5.21. The number of hydrogen-bond donors (Lipinski definition) is 1. The maximum absolute atomic E-state index is 12.7. The van der Waals surface area contributed by atoms with Gasteiger partial charge in [0.1, 0.15) is 6.61 Å². The summed E-state index contributed by atoms with van der Waals surface area (Å²) in [5.41, 5.74) is 0.722. The van der Waals surface area contributed by atoms with Crippen LogP contribution in [-0.2, 0) is 21.4 Å². The maximum atomic E-state index is 12.7. The van der Waals surface area contributed by atoms with Crippen molar-refractivity contribution in [2.45, 2.75) is 17.5 Å². The van der Waals surface area contributed by atoms with Gasteiger partial charge in [-0.3, -0.25) is 4.79 Å². The number of carbonyl (C=O) groups excluding carboxylic acids is 1. The van der Waals surface area contributed by atoms with Gasteiger partial charge in [-0.05, 0) is 30.3 Å². The van der Waals surface area contributed by atoms with Gasteiger partial charge in [0.05, 0.1) is 15.1 Å². The Morgan fingerprint density at radius 2 is 2.07 bits per heavy atom. The molecule has 29 heavy (non-hydrogen) atoms. The van der Waals surface area contributed by atoms with Crippen LogP contribution in [0.2, 0.25) is 0 Å². The summed E-state index contributed by atoms with van der Waals surface area (Å²) >= 11 is 1.18. The molecule has 150 valence electrons. The zero-order valence-electron chi connectivity index (χ0n) is 15.1. The van der Waals surface area contributed by atoms with Crippen molar-refractivity contribution in [2.24, 2.45) is 10.1 Å². The van der Waals surface area contributed by atoms with E-state index in [0.29, 0.717) is 27.5 Å². The SMILES string of the molecule is C=CCn1c(=NC(=O)[C@@H]2COc3ccccc3O2)sc2cc(S(N)(=O)=O)ccc21. The van der Waals surface area contributed by atoms with Crippen LogP contribution in [0.5, 0.6) is 11.5 Å². The average molecular weight is 431 g/mol. The molecule has 8 nitrogen and oxygen atoms in total. The third-order valence-electron chi connectivity index (χ3n) is 4.28. The van der Waals surface area contributed by atoms with E-state index >= 15 is 0 Å². The predicted octanol–water partition coefficient (Wildman–Crippen LogP) is 1.80. The zero-order valence-corrected chi connectivity index (χ0v) is 16.8. The van der Waals surface area contributed by atoms with Crippen molar-refractivity contribution in [2.75, 3.05) is 6.61 Å². The Kier molecular flexibility index (Phi) is 4.99. The molecule has 10 heteroatoms. The fraction of sp³-hybridized carbons (Fsp3) is 0.158. The van der Waals surface area contributed by atoms with E-state index in [1.165, 1.54) is 23.5 Å². The molecule has 0 aliphatic carbocycles. The van der Waals surface area contributed by atoms with Gasteiger partial charge in [0.2, 0.25) is 16.1 Å². The number of fused-ring (bicyclic) bond motifs is 2. The van der Waals surface area contributed by atoms with Crippen LogP contribution in [0, 0.1) is 0 Å². The summed E-state index contributed by atoms with van der Waals surface area (Å²) < 4.78 is 37.0. The molecular weight excluding hydrogens is 414 g/mol. The highest BCUT2D eigenvalue weighted by Gasteiger charge is 2.27. The van der Waals surface area contributed by atoms with E-state index in [1.807, 2.05) is 6.07 Å². The third-order valence-corrected chi connectivity index (χ3v) is 6.24. The molecule has 1 aliphatic rings. The van der Waals surface area contributed by atoms with E-state index < -0.39 is 22.0 Å². The van der Waals surface area contributed by atoms with Crippen molar-refractivity contribution in [1.82, 2.24) is 4.57 Å². The van der Waals surface area contributed by atoms with Crippen molar-refractivity contribution >= 4 is 37.5 Å². The molecule has 0 radical (unpaired) electrons. The quantitative estimate of drug-likeness (QED) is 0.633. The number of ether oxygens (including phenoxy) is 2. The number of allylic oxidation sites excluding steroid dienone is 1. The first-order valence-corrected chi connectivity index (χ1v) is 11.0. The van der Waals surface area contributed by atoms with Crippen molar-refractivity contribution < 1.29 is 22.7 Å². The van der Waals surface area contributed by atoms with Gasteiger partial charge in [0.15, 0.2) is 16.3 Å². The molecule has 0 saturated heterocycles. The number of aromatic nitrogens is 1. The number of amides is 1. The first-order chi connectivity index (χ1) is 13.9. The molecule has 2 N–H and O–H groups in total. The number of carbonyl (C=O) groups is 1. The molecule has 1 atom stereocenters. The van der Waals surface area contributed by atoms with Crippen LogP contribution in [0.1, 0.15) is 0 Å². The highest BCUT2D eigenvalue weighted by Crippen LogP contribution is 2.31. The molecule has 0 spiro atoms. The Bertz CT molecular complexity index is 1290. The van der Waals surface area contributed by atoms with Crippen LogP contribution < -0.4 is 19.4 Å². The first kappa shape index (κ1) is 19.4. The van der Waals surface area contributed by atoms with Crippen LogP contribution in [0.25, 0.3) is 10.2 Å². The van der Waals surface area contributed by atoms with Gasteiger partial charge in [-0.2, -0.15) is 4.99 Å². The van der Waals surface area contributed by atoms with Gasteiger partial charge in [0.25, 0.3) is 5.91 Å². The topological polar surface area (TPSA) is 113 Å². The van der Waals surface area contributed by atoms with Crippen molar-refractivity contribution in [3.05, 3.63) is 59.9 Å². The molecule has 3 aromatic rings. The molecule has 4 rings (SSSR count). The van der Waals surface area contributed by atoms with E-state index in [-0.39, 0.29) is 11.5 Å². The molecule has 0 saturated carbocycles. The lowest BCUT2D eigenvalue weighted by Crippen LogP contribution is -2.36. The molecular formula is C19H17N3O5S2. The third kappa shape index (κ3) is 3.82. The first-order valence-electron chi connectivity index (χ1n) is 8.61. The second kappa shape index (κ2) is 7.47. The Hall–Kier alpha value is -2.95. The highest BCUT2D eigenvalue weighted by atomic mass is 32.2. The van der Waals surface area contributed by atoms with Crippen molar-refractivity contribution in [3.8, 4) is 11.5 Å². The smallest absolute Gasteiger partial charge is 0.292 e. The van der Waals surface area contributed by atoms with E-state index in [9.17, 15) is 13.2 Å². The standard InChI is InChI=1S/C19H17N3O5S2/c1-2-9-22-13-8-7-12(29(20,24)25)10-17(13)28-19(22)21-18(23)16-11-26-14-5-3-4-6-15(14)27-16/h2-8,10,16H,1,9,11H2,(H2,20,24,25)/t16-/m0/s1. The monoisotopic (exact) mass is 431 g/mol. The van der Waals surface area contributed by atoms with Gasteiger partial charge in [-0.1, -0.05) is 29.5 Å². The number of para-hydroxylation sites is 2. The van der Waals surface area contributed by atoms with Gasteiger partial charge in [-0.15, -0.1) is 6.58 Å². The minimum absolute atomic E-state index is 0.00417. The van der Waals surface area contributed by atoms with E-state index in [1.54, 1.807) is 34.9 Å². The van der Waals surface area contributed by atoms with Gasteiger partial charge < -0.3 is 14.0 Å². The van der Waals surface area contributed by atoms with Crippen LogP contribution in [0.15, 0.2) is 65.0 Å². The molecule has 1 aliphatic heterocycles. The molecule has 0 bridgehead atoms. The summed E-state index contributed by atoms with van der Waals surface area (Å²) in [6.07, 6.45) is 0.798. The van der Waals surface area contributed by atoms with Gasteiger partial charge in [0, 0.05) is 6.54 Å². The van der Waals surface area contributed by atoms with E-state index in [0.717, 1.165) is 5.52 Å². The van der Waals surface area contributed by atoms with Crippen molar-refractivity contribution in [1.29, 1.82) is 0 Å². The summed E-state index contributed by atoms with van der Waals surface area (Å²) in [6, 6.07) is 11.6. The molecule has 1 amide bonds. The lowest BCUT2D eigenvalue weighted by atomic mass is 10.2. The maximum Gasteiger partial charge on any atom is 0.292 e. The van der Waals surface area contributed by atoms with Crippen LogP contribution in [0.3, 0.4) is 0 Å². The minimum atomic E-state index is -3.84. The largest absolute Gasteiger partial charge is 0.485 e. The lowest BCUT2D eigenvalue weighted by Gasteiger charge is -2.23. The lowest BCUT2D eigenvalue weighted by molar-refractivity contribution is -0.127. The number of primary sulfonamides is 1.